The summed E-state index contributed by atoms with van der Waals surface area (Å²) in [7, 11) is 3.05. The summed E-state index contributed by atoms with van der Waals surface area (Å²) in [5, 5.41) is 0. The molecular weight excluding hydrogens is 136 g/mol. The van der Waals surface area contributed by atoms with Crippen LogP contribution in [-0.2, 0) is 19.2 Å². The quantitative estimate of drug-likeness (QED) is 0.426. The minimum absolute atomic E-state index is 0.606. The zero-order valence-corrected chi connectivity index (χ0v) is 6.25. The van der Waals surface area contributed by atoms with Crippen molar-refractivity contribution in [3.63, 3.8) is 0 Å². The van der Waals surface area contributed by atoms with E-state index in [1.54, 1.807) is 0 Å². The van der Waals surface area contributed by atoms with Crippen LogP contribution in [0.15, 0.2) is 0 Å². The highest BCUT2D eigenvalue weighted by Crippen LogP contribution is 2.24. The third kappa shape index (κ3) is 1.46. The van der Waals surface area contributed by atoms with Gasteiger partial charge >= 0.3 is 5.97 Å². The smallest absolute Gasteiger partial charge is 0.311 e. The number of methoxy groups -OCH3 is 2. The summed E-state index contributed by atoms with van der Waals surface area (Å²) < 4.78 is 9.92. The molecule has 0 atom stereocenters. The van der Waals surface area contributed by atoms with Gasteiger partial charge in [0, 0.05) is 20.6 Å². The van der Waals surface area contributed by atoms with Crippen molar-refractivity contribution in [1.82, 2.24) is 0 Å². The van der Waals surface area contributed by atoms with Gasteiger partial charge in [-0.05, 0) is 6.42 Å². The third-order valence-electron chi connectivity index (χ3n) is 1.52. The van der Waals surface area contributed by atoms with E-state index in [4.69, 9.17) is 19.2 Å². The lowest BCUT2D eigenvalue weighted by Gasteiger charge is -2.31. The zero-order valence-electron chi connectivity index (χ0n) is 6.25. The molecule has 0 unspecified atom stereocenters. The van der Waals surface area contributed by atoms with Gasteiger partial charge in [-0.1, -0.05) is 0 Å². The van der Waals surface area contributed by atoms with Crippen LogP contribution in [0, 0.1) is 0 Å². The molecule has 4 nitrogen and oxygen atoms in total. The van der Waals surface area contributed by atoms with Gasteiger partial charge in [-0.2, -0.15) is 4.89 Å². The van der Waals surface area contributed by atoms with E-state index in [0.717, 1.165) is 6.42 Å². The molecule has 0 bridgehead atoms. The Morgan fingerprint density at radius 2 is 2.00 bits per heavy atom. The first-order chi connectivity index (χ1) is 4.83. The average Bonchev–Trinajstić information content (AvgIpc) is 2.06. The minimum atomic E-state index is -0.960. The lowest BCUT2D eigenvalue weighted by atomic mass is 10.3. The molecule has 1 saturated heterocycles. The van der Waals surface area contributed by atoms with Crippen LogP contribution in [0.3, 0.4) is 0 Å². The predicted molar refractivity (Wildman–Crippen MR) is 33.0 cm³/mol. The first-order valence-corrected chi connectivity index (χ1v) is 3.24. The van der Waals surface area contributed by atoms with E-state index in [2.05, 4.69) is 0 Å². The molecule has 60 valence electrons. The van der Waals surface area contributed by atoms with Crippen LogP contribution in [0.1, 0.15) is 12.8 Å². The molecule has 1 fully saturated rings. The highest BCUT2D eigenvalue weighted by Gasteiger charge is 2.34. The molecule has 0 aromatic carbocycles. The second-order valence-corrected chi connectivity index (χ2v) is 2.10. The van der Waals surface area contributed by atoms with Crippen molar-refractivity contribution in [2.45, 2.75) is 18.8 Å². The fraction of sp³-hybridized carbons (Fsp3) is 1.00. The Labute approximate surface area is 59.9 Å². The largest absolute Gasteiger partial charge is 0.329 e. The lowest BCUT2D eigenvalue weighted by Crippen LogP contribution is -2.40. The maximum absolute atomic E-state index is 4.96. The van der Waals surface area contributed by atoms with Crippen molar-refractivity contribution in [3.8, 4) is 0 Å². The second kappa shape index (κ2) is 3.30. The molecule has 1 rings (SSSR count). The monoisotopic (exact) mass is 148 g/mol. The van der Waals surface area contributed by atoms with Crippen LogP contribution < -0.4 is 0 Å². The molecule has 0 saturated carbocycles. The Morgan fingerprint density at radius 1 is 1.30 bits per heavy atom. The molecule has 0 aromatic rings. The Hall–Kier alpha value is -0.160. The summed E-state index contributed by atoms with van der Waals surface area (Å²) in [4.78, 5) is 9.54. The lowest BCUT2D eigenvalue weighted by molar-refractivity contribution is -0.516. The molecule has 4 heteroatoms. The molecule has 0 amide bonds. The normalized spacial score (nSPS) is 24.6. The van der Waals surface area contributed by atoms with E-state index in [-0.39, 0.29) is 0 Å². The van der Waals surface area contributed by atoms with E-state index in [0.29, 0.717) is 13.0 Å². The zero-order chi connectivity index (χ0) is 7.45. The molecule has 0 aliphatic carbocycles. The summed E-state index contributed by atoms with van der Waals surface area (Å²) >= 11 is 0. The van der Waals surface area contributed by atoms with Crippen molar-refractivity contribution in [2.24, 2.45) is 0 Å². The first kappa shape index (κ1) is 7.94. The third-order valence-corrected chi connectivity index (χ3v) is 1.52. The van der Waals surface area contributed by atoms with Crippen LogP contribution in [-0.4, -0.2) is 26.8 Å². The van der Waals surface area contributed by atoms with Crippen LogP contribution in [0.5, 0.6) is 0 Å². The Bertz CT molecular complexity index is 91.9. The average molecular weight is 148 g/mol. The summed E-state index contributed by atoms with van der Waals surface area (Å²) in [5.74, 6) is -0.960. The first-order valence-electron chi connectivity index (χ1n) is 3.24. The number of hydrogen-bond donors (Lipinski definition) is 0. The van der Waals surface area contributed by atoms with Crippen molar-refractivity contribution >= 4 is 0 Å². The van der Waals surface area contributed by atoms with Crippen molar-refractivity contribution in [3.05, 3.63) is 0 Å². The van der Waals surface area contributed by atoms with Gasteiger partial charge in [0.2, 0.25) is 0 Å². The van der Waals surface area contributed by atoms with E-state index < -0.39 is 5.97 Å². The van der Waals surface area contributed by atoms with Crippen molar-refractivity contribution < 1.29 is 19.2 Å². The summed E-state index contributed by atoms with van der Waals surface area (Å²) in [5.41, 5.74) is 0. The fourth-order valence-electron chi connectivity index (χ4n) is 0.876. The van der Waals surface area contributed by atoms with Gasteiger partial charge < -0.3 is 9.47 Å². The van der Waals surface area contributed by atoms with E-state index >= 15 is 0 Å². The van der Waals surface area contributed by atoms with Gasteiger partial charge in [-0.15, -0.1) is 0 Å². The molecule has 0 N–H and O–H groups in total. The van der Waals surface area contributed by atoms with Gasteiger partial charge in [0.05, 0.1) is 6.61 Å². The Morgan fingerprint density at radius 3 is 2.30 bits per heavy atom. The molecule has 1 aliphatic heterocycles. The number of hydrogen-bond acceptors (Lipinski definition) is 4. The molecule has 0 spiro atoms. The van der Waals surface area contributed by atoms with Gasteiger partial charge in [0.1, 0.15) is 0 Å². The Kier molecular flexibility index (Phi) is 2.62. The van der Waals surface area contributed by atoms with Crippen LogP contribution in [0.2, 0.25) is 0 Å². The van der Waals surface area contributed by atoms with Crippen LogP contribution in [0.4, 0.5) is 0 Å². The molecule has 10 heavy (non-hydrogen) atoms. The predicted octanol–water partition coefficient (Wildman–Crippen LogP) is 0.675. The second-order valence-electron chi connectivity index (χ2n) is 2.10. The van der Waals surface area contributed by atoms with Crippen molar-refractivity contribution in [2.75, 3.05) is 20.8 Å². The van der Waals surface area contributed by atoms with E-state index in [1.807, 2.05) is 0 Å². The standard InChI is InChI=1S/C6H12O4/c1-7-6(8-2)4-3-5-9-10-6/h3-5H2,1-2H3. The molecule has 1 heterocycles. The minimum Gasteiger partial charge on any atom is -0.329 e. The van der Waals surface area contributed by atoms with E-state index in [1.165, 1.54) is 14.2 Å². The van der Waals surface area contributed by atoms with Gasteiger partial charge in [-0.25, -0.2) is 4.89 Å². The molecule has 0 radical (unpaired) electrons. The number of rotatable bonds is 2. The van der Waals surface area contributed by atoms with Crippen molar-refractivity contribution in [1.29, 1.82) is 0 Å². The number of ether oxygens (including phenoxy) is 2. The topological polar surface area (TPSA) is 36.9 Å². The molecule has 0 aromatic heterocycles. The molecule has 1 aliphatic rings. The molecular formula is C6H12O4. The highest BCUT2D eigenvalue weighted by molar-refractivity contribution is 4.56. The summed E-state index contributed by atoms with van der Waals surface area (Å²) in [6.45, 7) is 0.606. The van der Waals surface area contributed by atoms with Crippen LogP contribution >= 0.6 is 0 Å². The van der Waals surface area contributed by atoms with Gasteiger partial charge in [0.25, 0.3) is 0 Å². The summed E-state index contributed by atoms with van der Waals surface area (Å²) in [6, 6.07) is 0. The maximum Gasteiger partial charge on any atom is 0.311 e. The SMILES string of the molecule is COC1(OC)CCCOO1. The highest BCUT2D eigenvalue weighted by atomic mass is 17.3. The fourth-order valence-corrected chi connectivity index (χ4v) is 0.876. The maximum atomic E-state index is 4.96. The van der Waals surface area contributed by atoms with E-state index in [9.17, 15) is 0 Å². The van der Waals surface area contributed by atoms with Gasteiger partial charge in [-0.3, -0.25) is 0 Å². The van der Waals surface area contributed by atoms with Crippen LogP contribution in [0.25, 0.3) is 0 Å². The van der Waals surface area contributed by atoms with Gasteiger partial charge in [0.15, 0.2) is 0 Å². The Balaban J connectivity index is 2.44. The summed E-state index contributed by atoms with van der Waals surface area (Å²) in [6.07, 6.45) is 1.60.